The van der Waals surface area contributed by atoms with Crippen molar-refractivity contribution < 1.29 is 0 Å². The summed E-state index contributed by atoms with van der Waals surface area (Å²) in [6.07, 6.45) is 1.79. The summed E-state index contributed by atoms with van der Waals surface area (Å²) >= 11 is 0. The lowest BCUT2D eigenvalue weighted by Crippen LogP contribution is -2.08. The summed E-state index contributed by atoms with van der Waals surface area (Å²) in [6.45, 7) is 0. The third-order valence-electron chi connectivity index (χ3n) is 1.10. The van der Waals surface area contributed by atoms with Crippen molar-refractivity contribution in [3.63, 3.8) is 0 Å². The van der Waals surface area contributed by atoms with Crippen LogP contribution in [0.3, 0.4) is 0 Å². The Labute approximate surface area is 53.5 Å². The lowest BCUT2D eigenvalue weighted by molar-refractivity contribution is 0.919. The van der Waals surface area contributed by atoms with Gasteiger partial charge in [-0.1, -0.05) is 0 Å². The number of nitriles is 1. The van der Waals surface area contributed by atoms with Crippen LogP contribution in [0.4, 0.5) is 0 Å². The highest BCUT2D eigenvalue weighted by molar-refractivity contribution is 5.22. The summed E-state index contributed by atoms with van der Waals surface area (Å²) < 4.78 is 1.65. The summed E-state index contributed by atoms with van der Waals surface area (Å²) in [5.41, 5.74) is 3.44. The van der Waals surface area contributed by atoms with Gasteiger partial charge >= 0.3 is 0 Å². The summed E-state index contributed by atoms with van der Waals surface area (Å²) in [5.74, 6) is 0. The number of rotatable bonds is 1. The van der Waals surface area contributed by atoms with Crippen LogP contribution in [0.25, 0.3) is 0 Å². The van der Waals surface area contributed by atoms with Crippen molar-refractivity contribution in [3.8, 4) is 6.07 Å². The van der Waals surface area contributed by atoms with E-state index in [4.69, 9.17) is 5.26 Å². The molecule has 0 aliphatic heterocycles. The predicted octanol–water partition coefficient (Wildman–Crippen LogP) is 0.533. The van der Waals surface area contributed by atoms with Crippen molar-refractivity contribution in [2.24, 2.45) is 0 Å². The van der Waals surface area contributed by atoms with Gasteiger partial charge < -0.3 is 5.43 Å². The first-order valence-corrected chi connectivity index (χ1v) is 2.63. The molecule has 0 amide bonds. The minimum absolute atomic E-state index is 0.623. The Hall–Kier alpha value is -1.43. The van der Waals surface area contributed by atoms with Crippen LogP contribution in [0, 0.1) is 11.3 Å². The fourth-order valence-corrected chi connectivity index (χ4v) is 0.667. The molecule has 0 saturated carbocycles. The molecule has 0 unspecified atom stereocenters. The molecule has 0 aliphatic rings. The second-order valence-electron chi connectivity index (χ2n) is 1.60. The van der Waals surface area contributed by atoms with E-state index in [0.717, 1.165) is 0 Å². The van der Waals surface area contributed by atoms with Crippen molar-refractivity contribution in [1.82, 2.24) is 4.68 Å². The number of hydrogen-bond donors (Lipinski definition) is 1. The first-order valence-electron chi connectivity index (χ1n) is 2.63. The maximum atomic E-state index is 8.43. The second kappa shape index (κ2) is 2.23. The minimum atomic E-state index is 0.623. The largest absolute Gasteiger partial charge is 0.328 e. The zero-order valence-electron chi connectivity index (χ0n) is 5.13. The molecule has 0 fully saturated rings. The van der Waals surface area contributed by atoms with E-state index in [1.54, 1.807) is 24.0 Å². The molecule has 0 atom stereocenters. The maximum Gasteiger partial charge on any atom is 0.139 e. The van der Waals surface area contributed by atoms with Gasteiger partial charge in [-0.25, -0.2) is 0 Å². The molecule has 0 aliphatic carbocycles. The van der Waals surface area contributed by atoms with E-state index in [2.05, 4.69) is 5.43 Å². The van der Waals surface area contributed by atoms with Gasteiger partial charge in [0.25, 0.3) is 0 Å². The lowest BCUT2D eigenvalue weighted by Gasteiger charge is -1.99. The highest BCUT2D eigenvalue weighted by atomic mass is 15.4. The first-order chi connectivity index (χ1) is 4.38. The Morgan fingerprint density at radius 1 is 1.78 bits per heavy atom. The van der Waals surface area contributed by atoms with Gasteiger partial charge in [0.05, 0.1) is 0 Å². The van der Waals surface area contributed by atoms with E-state index < -0.39 is 0 Å². The Morgan fingerprint density at radius 3 is 3.00 bits per heavy atom. The Balaban J connectivity index is 3.02. The lowest BCUT2D eigenvalue weighted by atomic mass is 10.5. The van der Waals surface area contributed by atoms with Gasteiger partial charge in [0.2, 0.25) is 0 Å². The topological polar surface area (TPSA) is 40.8 Å². The molecule has 46 valence electrons. The molecule has 9 heavy (non-hydrogen) atoms. The maximum absolute atomic E-state index is 8.43. The Kier molecular flexibility index (Phi) is 1.41. The standard InChI is InChI=1S/C6H7N3/c1-8-9-4-2-3-6(9)5-7/h2-4,8H,1H3. The smallest absolute Gasteiger partial charge is 0.139 e. The Bertz CT molecular complexity index is 231. The molecule has 3 heteroatoms. The van der Waals surface area contributed by atoms with Gasteiger partial charge in [0.1, 0.15) is 11.8 Å². The monoisotopic (exact) mass is 121 g/mol. The average Bonchev–Trinajstić information content (AvgIpc) is 2.33. The summed E-state index contributed by atoms with van der Waals surface area (Å²) in [4.78, 5) is 0. The van der Waals surface area contributed by atoms with Gasteiger partial charge in [-0.05, 0) is 12.1 Å². The molecule has 0 radical (unpaired) electrons. The molecule has 1 aromatic rings. The third-order valence-corrected chi connectivity index (χ3v) is 1.10. The van der Waals surface area contributed by atoms with Crippen LogP contribution >= 0.6 is 0 Å². The van der Waals surface area contributed by atoms with Crippen LogP contribution in [-0.2, 0) is 0 Å². The van der Waals surface area contributed by atoms with Crippen molar-refractivity contribution >= 4 is 0 Å². The molecule has 0 bridgehead atoms. The SMILES string of the molecule is CNn1cccc1C#N. The fraction of sp³-hybridized carbons (Fsp3) is 0.167. The summed E-state index contributed by atoms with van der Waals surface area (Å²) in [5, 5.41) is 8.43. The van der Waals surface area contributed by atoms with E-state index >= 15 is 0 Å². The number of nitrogens with one attached hydrogen (secondary N) is 1. The van der Waals surface area contributed by atoms with Crippen LogP contribution in [0.2, 0.25) is 0 Å². The first kappa shape index (κ1) is 5.70. The van der Waals surface area contributed by atoms with Crippen LogP contribution in [-0.4, -0.2) is 11.7 Å². The molecule has 0 aromatic carbocycles. The van der Waals surface area contributed by atoms with E-state index in [-0.39, 0.29) is 0 Å². The zero-order valence-corrected chi connectivity index (χ0v) is 5.13. The Morgan fingerprint density at radius 2 is 2.56 bits per heavy atom. The second-order valence-corrected chi connectivity index (χ2v) is 1.60. The summed E-state index contributed by atoms with van der Waals surface area (Å²) in [6, 6.07) is 5.59. The van der Waals surface area contributed by atoms with E-state index in [1.165, 1.54) is 0 Å². The molecular formula is C6H7N3. The van der Waals surface area contributed by atoms with Crippen LogP contribution in [0.1, 0.15) is 5.69 Å². The van der Waals surface area contributed by atoms with Gasteiger partial charge in [-0.15, -0.1) is 0 Å². The third kappa shape index (κ3) is 0.868. The van der Waals surface area contributed by atoms with E-state index in [9.17, 15) is 0 Å². The molecule has 0 spiro atoms. The molecule has 1 rings (SSSR count). The normalized spacial score (nSPS) is 8.44. The predicted molar refractivity (Wildman–Crippen MR) is 34.4 cm³/mol. The van der Waals surface area contributed by atoms with Gasteiger partial charge in [0.15, 0.2) is 0 Å². The quantitative estimate of drug-likeness (QED) is 0.588. The number of nitrogens with zero attached hydrogens (tertiary/aromatic N) is 2. The van der Waals surface area contributed by atoms with Crippen molar-refractivity contribution in [3.05, 3.63) is 24.0 Å². The highest BCUT2D eigenvalue weighted by Crippen LogP contribution is 1.94. The fourth-order valence-electron chi connectivity index (χ4n) is 0.667. The zero-order chi connectivity index (χ0) is 6.69. The molecule has 3 nitrogen and oxygen atoms in total. The van der Waals surface area contributed by atoms with Crippen molar-refractivity contribution in [1.29, 1.82) is 5.26 Å². The van der Waals surface area contributed by atoms with Gasteiger partial charge in [-0.3, -0.25) is 4.68 Å². The molecule has 1 N–H and O–H groups in total. The molecule has 1 heterocycles. The molecule has 0 saturated heterocycles. The van der Waals surface area contributed by atoms with Gasteiger partial charge in [0, 0.05) is 13.2 Å². The number of hydrogen-bond acceptors (Lipinski definition) is 2. The van der Waals surface area contributed by atoms with Crippen LogP contribution in [0.15, 0.2) is 18.3 Å². The summed E-state index contributed by atoms with van der Waals surface area (Å²) in [7, 11) is 1.76. The van der Waals surface area contributed by atoms with Crippen molar-refractivity contribution in [2.75, 3.05) is 12.5 Å². The molecular weight excluding hydrogens is 114 g/mol. The highest BCUT2D eigenvalue weighted by Gasteiger charge is 1.92. The van der Waals surface area contributed by atoms with Crippen molar-refractivity contribution in [2.45, 2.75) is 0 Å². The minimum Gasteiger partial charge on any atom is -0.328 e. The molecule has 1 aromatic heterocycles. The van der Waals surface area contributed by atoms with E-state index in [1.807, 2.05) is 12.1 Å². The van der Waals surface area contributed by atoms with Crippen LogP contribution < -0.4 is 5.43 Å². The van der Waals surface area contributed by atoms with Gasteiger partial charge in [-0.2, -0.15) is 5.26 Å². The number of aromatic nitrogens is 1. The van der Waals surface area contributed by atoms with Crippen LogP contribution in [0.5, 0.6) is 0 Å². The van der Waals surface area contributed by atoms with E-state index in [0.29, 0.717) is 5.69 Å². The average molecular weight is 121 g/mol.